The van der Waals surface area contributed by atoms with Crippen molar-refractivity contribution in [3.63, 3.8) is 0 Å². The minimum Gasteiger partial charge on any atom is -0.455 e. The highest BCUT2D eigenvalue weighted by Gasteiger charge is 2.40. The van der Waals surface area contributed by atoms with Crippen LogP contribution in [0.25, 0.3) is 0 Å². The Morgan fingerprint density at radius 2 is 1.59 bits per heavy atom. The molecule has 0 aliphatic carbocycles. The van der Waals surface area contributed by atoms with E-state index < -0.39 is 5.66 Å². The fourth-order valence-corrected chi connectivity index (χ4v) is 4.21. The lowest BCUT2D eigenvalue weighted by molar-refractivity contribution is -0.122. The molecule has 3 aromatic rings. The Morgan fingerprint density at radius 1 is 0.892 bits per heavy atom. The number of nitrogens with zero attached hydrogens (tertiary/aromatic N) is 4. The number of hydrogen-bond acceptors (Lipinski definition) is 7. The molecule has 12 heteroatoms. The lowest BCUT2D eigenvalue weighted by Crippen LogP contribution is -2.34. The van der Waals surface area contributed by atoms with Gasteiger partial charge in [0.05, 0.1) is 11.4 Å². The first-order valence-corrected chi connectivity index (χ1v) is 12.5. The number of rotatable bonds is 10. The summed E-state index contributed by atoms with van der Waals surface area (Å²) >= 11 is 17.6. The first-order chi connectivity index (χ1) is 17.9. The fourth-order valence-electron chi connectivity index (χ4n) is 3.55. The number of hydrogen-bond donors (Lipinski definition) is 3. The van der Waals surface area contributed by atoms with Crippen LogP contribution in [0.2, 0.25) is 10.0 Å². The molecule has 0 bridgehead atoms. The summed E-state index contributed by atoms with van der Waals surface area (Å²) in [6.45, 7) is 1.02. The van der Waals surface area contributed by atoms with E-state index in [9.17, 15) is 4.79 Å². The molecule has 1 heterocycles. The quantitative estimate of drug-likeness (QED) is 0.191. The number of thiocarbonyl (C=S) groups is 1. The second-order valence-corrected chi connectivity index (χ2v) is 9.25. The number of ether oxygens (including phenoxy) is 1. The lowest BCUT2D eigenvalue weighted by atomic mass is 9.96. The molecule has 1 aliphatic rings. The number of nitrogens with one attached hydrogen (secondary N) is 3. The van der Waals surface area contributed by atoms with Gasteiger partial charge in [0.25, 0.3) is 0 Å². The monoisotopic (exact) mass is 555 g/mol. The van der Waals surface area contributed by atoms with Crippen LogP contribution in [0, 0.1) is 0 Å². The van der Waals surface area contributed by atoms with Gasteiger partial charge in [-0.1, -0.05) is 59.6 Å². The number of benzene rings is 3. The van der Waals surface area contributed by atoms with Crippen molar-refractivity contribution in [2.45, 2.75) is 18.5 Å². The van der Waals surface area contributed by atoms with Gasteiger partial charge in [0.1, 0.15) is 11.5 Å². The average molecular weight is 556 g/mol. The van der Waals surface area contributed by atoms with E-state index >= 15 is 0 Å². The van der Waals surface area contributed by atoms with Crippen LogP contribution in [0.3, 0.4) is 0 Å². The Kier molecular flexibility index (Phi) is 8.99. The molecular weight excluding hydrogens is 533 g/mol. The standard InChI is InChI=1S/C25H23Cl2N7O2S/c26-17-11-12-22(20(27)15-17)36-21-10-5-4-9-19(21)25(31-33-34-32-25)16-23(35)28-13-6-14-29-24(37)30-18-7-2-1-3-8-18/h1-5,7-12,15H,6,13-14,16H2,(H,28,35)(H2,29,30,37). The normalized spacial score (nSPS) is 13.2. The van der Waals surface area contributed by atoms with E-state index in [2.05, 4.69) is 36.6 Å². The molecule has 3 N–H and O–H groups in total. The van der Waals surface area contributed by atoms with Crippen molar-refractivity contribution in [1.29, 1.82) is 0 Å². The van der Waals surface area contributed by atoms with Gasteiger partial charge in [-0.15, -0.1) is 10.2 Å². The summed E-state index contributed by atoms with van der Waals surface area (Å²) in [5.41, 5.74) is 0.0835. The number of halogens is 2. The Balaban J connectivity index is 1.33. The zero-order chi connectivity index (χ0) is 26.1. The van der Waals surface area contributed by atoms with E-state index in [1.54, 1.807) is 42.5 Å². The largest absolute Gasteiger partial charge is 0.455 e. The number of carbonyl (C=O) groups is 1. The molecule has 1 aliphatic heterocycles. The molecule has 0 atom stereocenters. The highest BCUT2D eigenvalue weighted by Crippen LogP contribution is 2.43. The molecule has 0 radical (unpaired) electrons. The van der Waals surface area contributed by atoms with Gasteiger partial charge >= 0.3 is 0 Å². The second-order valence-electron chi connectivity index (χ2n) is 8.00. The average Bonchev–Trinajstić information content (AvgIpc) is 3.35. The zero-order valence-electron chi connectivity index (χ0n) is 19.5. The number of carbonyl (C=O) groups excluding carboxylic acids is 1. The predicted molar refractivity (Wildman–Crippen MR) is 147 cm³/mol. The van der Waals surface area contributed by atoms with E-state index in [1.807, 2.05) is 30.3 Å². The maximum absolute atomic E-state index is 12.8. The van der Waals surface area contributed by atoms with Crippen LogP contribution < -0.4 is 20.7 Å². The van der Waals surface area contributed by atoms with Crippen molar-refractivity contribution in [2.24, 2.45) is 20.7 Å². The summed E-state index contributed by atoms with van der Waals surface area (Å²) in [5, 5.41) is 26.2. The van der Waals surface area contributed by atoms with E-state index in [0.29, 0.717) is 51.7 Å². The molecule has 0 unspecified atom stereocenters. The molecule has 0 fully saturated rings. The van der Waals surface area contributed by atoms with Gasteiger partial charge < -0.3 is 20.7 Å². The highest BCUT2D eigenvalue weighted by atomic mass is 35.5. The molecule has 9 nitrogen and oxygen atoms in total. The molecule has 0 aromatic heterocycles. The van der Waals surface area contributed by atoms with Gasteiger partial charge in [0.2, 0.25) is 11.6 Å². The van der Waals surface area contributed by atoms with Crippen molar-refractivity contribution >= 4 is 52.1 Å². The third-order valence-corrected chi connectivity index (χ3v) is 6.07. The number of anilines is 1. The Morgan fingerprint density at radius 3 is 2.35 bits per heavy atom. The van der Waals surface area contributed by atoms with Crippen molar-refractivity contribution in [3.8, 4) is 11.5 Å². The van der Waals surface area contributed by atoms with Crippen molar-refractivity contribution in [1.82, 2.24) is 10.6 Å². The van der Waals surface area contributed by atoms with E-state index in [1.165, 1.54) is 0 Å². The van der Waals surface area contributed by atoms with Gasteiger partial charge in [-0.2, -0.15) is 0 Å². The van der Waals surface area contributed by atoms with Crippen molar-refractivity contribution in [3.05, 3.63) is 88.4 Å². The summed E-state index contributed by atoms with van der Waals surface area (Å²) in [4.78, 5) is 12.8. The maximum atomic E-state index is 12.8. The van der Waals surface area contributed by atoms with E-state index in [0.717, 1.165) is 5.69 Å². The predicted octanol–water partition coefficient (Wildman–Crippen LogP) is 6.65. The van der Waals surface area contributed by atoms with Gasteiger partial charge in [0, 0.05) is 29.4 Å². The summed E-state index contributed by atoms with van der Waals surface area (Å²) in [7, 11) is 0. The van der Waals surface area contributed by atoms with Crippen LogP contribution in [0.5, 0.6) is 11.5 Å². The summed E-state index contributed by atoms with van der Waals surface area (Å²) in [6, 6.07) is 21.6. The number of amides is 1. The molecule has 190 valence electrons. The summed E-state index contributed by atoms with van der Waals surface area (Å²) in [5.74, 6) is 0.559. The summed E-state index contributed by atoms with van der Waals surface area (Å²) < 4.78 is 6.04. The Bertz CT molecular complexity index is 1310. The van der Waals surface area contributed by atoms with Crippen LogP contribution in [0.1, 0.15) is 18.4 Å². The first kappa shape index (κ1) is 26.5. The van der Waals surface area contributed by atoms with Gasteiger partial charge in [-0.25, -0.2) is 0 Å². The third kappa shape index (κ3) is 7.22. The van der Waals surface area contributed by atoms with Crippen molar-refractivity contribution in [2.75, 3.05) is 18.4 Å². The molecule has 0 saturated carbocycles. The van der Waals surface area contributed by atoms with E-state index in [-0.39, 0.29) is 12.3 Å². The van der Waals surface area contributed by atoms with Gasteiger partial charge in [0.15, 0.2) is 5.11 Å². The smallest absolute Gasteiger partial charge is 0.232 e. The third-order valence-electron chi connectivity index (χ3n) is 5.29. The molecule has 4 rings (SSSR count). The molecule has 3 aromatic carbocycles. The van der Waals surface area contributed by atoms with Crippen molar-refractivity contribution < 1.29 is 9.53 Å². The molecule has 0 saturated heterocycles. The minimum absolute atomic E-state index is 0.101. The molecule has 1 amide bonds. The SMILES string of the molecule is O=C(CC1(c2ccccc2Oc2ccc(Cl)cc2Cl)N=NN=N1)NCCCNC(=S)Nc1ccccc1. The van der Waals surface area contributed by atoms with Crippen LogP contribution in [0.4, 0.5) is 5.69 Å². The van der Waals surface area contributed by atoms with Crippen LogP contribution in [-0.2, 0) is 10.5 Å². The topological polar surface area (TPSA) is 112 Å². The fraction of sp³-hybridized carbons (Fsp3) is 0.200. The zero-order valence-corrected chi connectivity index (χ0v) is 21.9. The van der Waals surface area contributed by atoms with Gasteiger partial charge in [-0.05, 0) is 65.5 Å². The molecular formula is C25H23Cl2N7O2S. The van der Waals surface area contributed by atoms with Gasteiger partial charge in [-0.3, -0.25) is 4.79 Å². The number of para-hydroxylation sites is 2. The van der Waals surface area contributed by atoms with Crippen LogP contribution in [0.15, 0.2) is 93.5 Å². The highest BCUT2D eigenvalue weighted by molar-refractivity contribution is 7.80. The van der Waals surface area contributed by atoms with E-state index in [4.69, 9.17) is 40.2 Å². The minimum atomic E-state index is -1.35. The first-order valence-electron chi connectivity index (χ1n) is 11.4. The molecule has 37 heavy (non-hydrogen) atoms. The van der Waals surface area contributed by atoms with Crippen LogP contribution in [-0.4, -0.2) is 24.1 Å². The maximum Gasteiger partial charge on any atom is 0.232 e. The van der Waals surface area contributed by atoms with Crippen LogP contribution >= 0.6 is 35.4 Å². The Hall–Kier alpha value is -3.60. The lowest BCUT2D eigenvalue weighted by Gasteiger charge is -2.22. The molecule has 0 spiro atoms. The summed E-state index contributed by atoms with van der Waals surface area (Å²) in [6.07, 6.45) is 0.559. The second kappa shape index (κ2) is 12.6. The Labute approximate surface area is 229 Å².